The molecule has 10 heavy (non-hydrogen) atoms. The predicted octanol–water partition coefficient (Wildman–Crippen LogP) is 2.37. The molecule has 62 valence electrons. The first-order valence-corrected chi connectivity index (χ1v) is 3.67. The van der Waals surface area contributed by atoms with E-state index in [1.165, 1.54) is 12.8 Å². The lowest BCUT2D eigenvalue weighted by Crippen LogP contribution is -2.04. The van der Waals surface area contributed by atoms with E-state index in [-0.39, 0.29) is 12.4 Å². The highest BCUT2D eigenvalue weighted by Gasteiger charge is 1.85. The summed E-state index contributed by atoms with van der Waals surface area (Å²) in [5.74, 6) is 0. The van der Waals surface area contributed by atoms with Gasteiger partial charge in [0.25, 0.3) is 0 Å². The maximum atomic E-state index is 3.09. The Balaban J connectivity index is 0. The van der Waals surface area contributed by atoms with Crippen LogP contribution in [-0.4, -0.2) is 13.6 Å². The molecule has 0 saturated carbocycles. The Labute approximate surface area is 70.3 Å². The molecule has 0 heterocycles. The molecular formula is C8H18ClN. The van der Waals surface area contributed by atoms with Crippen molar-refractivity contribution in [1.82, 2.24) is 5.32 Å². The van der Waals surface area contributed by atoms with E-state index >= 15 is 0 Å². The summed E-state index contributed by atoms with van der Waals surface area (Å²) in [6.07, 6.45) is 4.65. The van der Waals surface area contributed by atoms with Crippen LogP contribution in [0.25, 0.3) is 0 Å². The molecule has 0 aromatic carbocycles. The first-order valence-electron chi connectivity index (χ1n) is 3.67. The second-order valence-corrected chi connectivity index (χ2v) is 2.13. The molecule has 0 aromatic rings. The average molecular weight is 164 g/mol. The summed E-state index contributed by atoms with van der Waals surface area (Å²) in [7, 11) is 1.97. The summed E-state index contributed by atoms with van der Waals surface area (Å²) >= 11 is 0. The van der Waals surface area contributed by atoms with Crippen LogP contribution in [0.4, 0.5) is 0 Å². The van der Waals surface area contributed by atoms with Gasteiger partial charge in [0, 0.05) is 6.54 Å². The van der Waals surface area contributed by atoms with Crippen LogP contribution in [0.3, 0.4) is 0 Å². The Morgan fingerprint density at radius 2 is 1.80 bits per heavy atom. The summed E-state index contributed by atoms with van der Waals surface area (Å²) < 4.78 is 0. The van der Waals surface area contributed by atoms with Gasteiger partial charge in [0.05, 0.1) is 0 Å². The molecule has 0 aliphatic heterocycles. The highest BCUT2D eigenvalue weighted by molar-refractivity contribution is 5.85. The van der Waals surface area contributed by atoms with E-state index in [9.17, 15) is 0 Å². The summed E-state index contributed by atoms with van der Waals surface area (Å²) in [5, 5.41) is 3.09. The second kappa shape index (κ2) is 8.99. The molecule has 1 N–H and O–H groups in total. The summed E-state index contributed by atoms with van der Waals surface area (Å²) in [6.45, 7) is 5.41. The smallest absolute Gasteiger partial charge is 0.0134 e. The molecule has 2 heteroatoms. The maximum absolute atomic E-state index is 3.09. The standard InChI is InChI=1S/C8H17N.ClH/c1-4-8(5-2)6-7-9-3;/h6,9H,4-5,7H2,1-3H3;1H. The highest BCUT2D eigenvalue weighted by Crippen LogP contribution is 2.03. The lowest BCUT2D eigenvalue weighted by atomic mass is 10.1. The maximum Gasteiger partial charge on any atom is 0.0134 e. The lowest BCUT2D eigenvalue weighted by Gasteiger charge is -1.98. The molecule has 0 aliphatic rings. The molecule has 1 nitrogen and oxygen atoms in total. The topological polar surface area (TPSA) is 12.0 Å². The summed E-state index contributed by atoms with van der Waals surface area (Å²) in [5.41, 5.74) is 1.55. The Morgan fingerprint density at radius 1 is 1.30 bits per heavy atom. The molecule has 0 amide bonds. The van der Waals surface area contributed by atoms with Crippen LogP contribution < -0.4 is 5.32 Å². The van der Waals surface area contributed by atoms with Gasteiger partial charge >= 0.3 is 0 Å². The molecule has 0 rings (SSSR count). The van der Waals surface area contributed by atoms with Crippen molar-refractivity contribution in [2.45, 2.75) is 26.7 Å². The summed E-state index contributed by atoms with van der Waals surface area (Å²) in [6, 6.07) is 0. The molecule has 0 aliphatic carbocycles. The van der Waals surface area contributed by atoms with Gasteiger partial charge in [-0.05, 0) is 19.9 Å². The monoisotopic (exact) mass is 163 g/mol. The zero-order valence-corrected chi connectivity index (χ0v) is 7.92. The normalized spacial score (nSPS) is 8.30. The minimum Gasteiger partial charge on any atom is -0.316 e. The van der Waals surface area contributed by atoms with Crippen LogP contribution in [-0.2, 0) is 0 Å². The number of hydrogen-bond acceptors (Lipinski definition) is 1. The average Bonchev–Trinajstić information content (AvgIpc) is 1.91. The fraction of sp³-hybridized carbons (Fsp3) is 0.750. The van der Waals surface area contributed by atoms with E-state index < -0.39 is 0 Å². The van der Waals surface area contributed by atoms with E-state index in [1.54, 1.807) is 5.57 Å². The molecule has 0 radical (unpaired) electrons. The third-order valence-electron chi connectivity index (χ3n) is 1.50. The van der Waals surface area contributed by atoms with E-state index in [1.807, 2.05) is 7.05 Å². The van der Waals surface area contributed by atoms with Gasteiger partial charge < -0.3 is 5.32 Å². The predicted molar refractivity (Wildman–Crippen MR) is 49.8 cm³/mol. The van der Waals surface area contributed by atoms with Gasteiger partial charge in [0.15, 0.2) is 0 Å². The SMILES string of the molecule is CCC(=CCNC)CC.Cl. The van der Waals surface area contributed by atoms with E-state index in [0.29, 0.717) is 0 Å². The molecule has 0 spiro atoms. The van der Waals surface area contributed by atoms with Crippen molar-refractivity contribution in [3.63, 3.8) is 0 Å². The van der Waals surface area contributed by atoms with Crippen molar-refractivity contribution in [3.8, 4) is 0 Å². The van der Waals surface area contributed by atoms with Crippen molar-refractivity contribution in [2.75, 3.05) is 13.6 Å². The van der Waals surface area contributed by atoms with E-state index in [4.69, 9.17) is 0 Å². The largest absolute Gasteiger partial charge is 0.316 e. The highest BCUT2D eigenvalue weighted by atomic mass is 35.5. The number of rotatable bonds is 4. The minimum atomic E-state index is 0. The van der Waals surface area contributed by atoms with E-state index in [2.05, 4.69) is 25.2 Å². The Bertz CT molecular complexity index is 83.3. The van der Waals surface area contributed by atoms with E-state index in [0.717, 1.165) is 6.54 Å². The van der Waals surface area contributed by atoms with Crippen LogP contribution in [0, 0.1) is 0 Å². The van der Waals surface area contributed by atoms with Gasteiger partial charge in [-0.1, -0.05) is 25.5 Å². The van der Waals surface area contributed by atoms with Crippen LogP contribution in [0.1, 0.15) is 26.7 Å². The van der Waals surface area contributed by atoms with Crippen molar-refractivity contribution in [3.05, 3.63) is 11.6 Å². The Morgan fingerprint density at radius 3 is 2.10 bits per heavy atom. The summed E-state index contributed by atoms with van der Waals surface area (Å²) in [4.78, 5) is 0. The zero-order valence-electron chi connectivity index (χ0n) is 7.11. The van der Waals surface area contributed by atoms with Gasteiger partial charge in [0.2, 0.25) is 0 Å². The van der Waals surface area contributed by atoms with Gasteiger partial charge in [-0.25, -0.2) is 0 Å². The number of halogens is 1. The zero-order chi connectivity index (χ0) is 7.11. The fourth-order valence-corrected chi connectivity index (χ4v) is 0.785. The third kappa shape index (κ3) is 6.12. The van der Waals surface area contributed by atoms with Crippen molar-refractivity contribution in [2.24, 2.45) is 0 Å². The molecule has 0 saturated heterocycles. The Kier molecular flexibility index (Phi) is 11.4. The quantitative estimate of drug-likeness (QED) is 0.628. The molecule has 0 unspecified atom stereocenters. The number of nitrogens with one attached hydrogen (secondary N) is 1. The molecular weight excluding hydrogens is 146 g/mol. The Hall–Kier alpha value is -0.0100. The van der Waals surface area contributed by atoms with Gasteiger partial charge in [-0.15, -0.1) is 12.4 Å². The van der Waals surface area contributed by atoms with Crippen LogP contribution in [0.2, 0.25) is 0 Å². The van der Waals surface area contributed by atoms with Gasteiger partial charge in [0.1, 0.15) is 0 Å². The lowest BCUT2D eigenvalue weighted by molar-refractivity contribution is 0.884. The molecule has 0 fully saturated rings. The van der Waals surface area contributed by atoms with Crippen molar-refractivity contribution >= 4 is 12.4 Å². The van der Waals surface area contributed by atoms with Gasteiger partial charge in [-0.2, -0.15) is 0 Å². The van der Waals surface area contributed by atoms with Crippen LogP contribution in [0.5, 0.6) is 0 Å². The fourth-order valence-electron chi connectivity index (χ4n) is 0.785. The van der Waals surface area contributed by atoms with Crippen LogP contribution in [0.15, 0.2) is 11.6 Å². The first-order chi connectivity index (χ1) is 4.35. The first kappa shape index (κ1) is 12.6. The molecule has 0 atom stereocenters. The molecule has 0 bridgehead atoms. The van der Waals surface area contributed by atoms with Crippen LogP contribution >= 0.6 is 12.4 Å². The van der Waals surface area contributed by atoms with Crippen molar-refractivity contribution in [1.29, 1.82) is 0 Å². The second-order valence-electron chi connectivity index (χ2n) is 2.13. The molecule has 0 aromatic heterocycles. The third-order valence-corrected chi connectivity index (χ3v) is 1.50. The number of allylic oxidation sites excluding steroid dienone is 1. The minimum absolute atomic E-state index is 0. The number of hydrogen-bond donors (Lipinski definition) is 1. The van der Waals surface area contributed by atoms with Crippen molar-refractivity contribution < 1.29 is 0 Å². The number of likely N-dealkylation sites (N-methyl/N-ethyl adjacent to an activating group) is 1. The van der Waals surface area contributed by atoms with Gasteiger partial charge in [-0.3, -0.25) is 0 Å².